The van der Waals surface area contributed by atoms with Crippen LogP contribution < -0.4 is 9.64 Å². The van der Waals surface area contributed by atoms with Gasteiger partial charge in [0, 0.05) is 36.6 Å². The topological polar surface area (TPSA) is 76.2 Å². The standard InChI is InChI=1S/C21H16F3N5O2/c22-12-1-4-18(17(24)9-12)31-21-25-11-15-19(27-28-20(15)26-21)14-3-2-13(10-16(14)23)29-5-7-30-8-6-29/h1-4,9-11H,5-8H2,(H,25,26,27,28). The highest BCUT2D eigenvalue weighted by atomic mass is 19.1. The molecule has 10 heteroatoms. The van der Waals surface area contributed by atoms with Gasteiger partial charge in [0.15, 0.2) is 17.2 Å². The number of anilines is 1. The van der Waals surface area contributed by atoms with Gasteiger partial charge < -0.3 is 14.4 Å². The lowest BCUT2D eigenvalue weighted by Gasteiger charge is -2.29. The van der Waals surface area contributed by atoms with Crippen LogP contribution >= 0.6 is 0 Å². The molecular formula is C21H16F3N5O2. The molecule has 5 rings (SSSR count). The first-order valence-corrected chi connectivity index (χ1v) is 9.55. The van der Waals surface area contributed by atoms with Gasteiger partial charge in [0.2, 0.25) is 0 Å². The Labute approximate surface area is 174 Å². The number of benzene rings is 2. The van der Waals surface area contributed by atoms with E-state index in [1.165, 1.54) is 12.3 Å². The highest BCUT2D eigenvalue weighted by Gasteiger charge is 2.18. The average molecular weight is 427 g/mol. The molecule has 0 aliphatic carbocycles. The molecule has 31 heavy (non-hydrogen) atoms. The van der Waals surface area contributed by atoms with Crippen LogP contribution in [0.4, 0.5) is 18.9 Å². The van der Waals surface area contributed by atoms with Crippen molar-refractivity contribution in [1.29, 1.82) is 0 Å². The van der Waals surface area contributed by atoms with Gasteiger partial charge in [0.25, 0.3) is 0 Å². The number of ether oxygens (including phenoxy) is 2. The minimum atomic E-state index is -0.881. The van der Waals surface area contributed by atoms with Gasteiger partial charge in [-0.2, -0.15) is 10.1 Å². The van der Waals surface area contributed by atoms with Crippen LogP contribution in [0.2, 0.25) is 0 Å². The van der Waals surface area contributed by atoms with Crippen LogP contribution in [0.5, 0.6) is 11.8 Å². The Morgan fingerprint density at radius 1 is 1.00 bits per heavy atom. The van der Waals surface area contributed by atoms with Crippen LogP contribution in [0.3, 0.4) is 0 Å². The quantitative estimate of drug-likeness (QED) is 0.529. The Kier molecular flexibility index (Phi) is 4.91. The molecule has 0 atom stereocenters. The van der Waals surface area contributed by atoms with Crippen LogP contribution in [-0.2, 0) is 4.74 Å². The molecule has 3 heterocycles. The van der Waals surface area contributed by atoms with Crippen molar-refractivity contribution in [2.45, 2.75) is 0 Å². The number of rotatable bonds is 4. The van der Waals surface area contributed by atoms with Gasteiger partial charge >= 0.3 is 6.01 Å². The van der Waals surface area contributed by atoms with Crippen molar-refractivity contribution >= 4 is 16.7 Å². The molecule has 0 saturated carbocycles. The fourth-order valence-corrected chi connectivity index (χ4v) is 3.42. The SMILES string of the molecule is Fc1ccc(Oc2ncc3c(-c4ccc(N5CCOCC5)cc4F)[nH]nc3n2)c(F)c1. The Balaban J connectivity index is 1.43. The largest absolute Gasteiger partial charge is 0.421 e. The number of nitrogens with zero attached hydrogens (tertiary/aromatic N) is 4. The van der Waals surface area contributed by atoms with Crippen molar-refractivity contribution in [2.75, 3.05) is 31.2 Å². The lowest BCUT2D eigenvalue weighted by Crippen LogP contribution is -2.36. The van der Waals surface area contributed by atoms with Crippen LogP contribution in [0, 0.1) is 17.5 Å². The summed E-state index contributed by atoms with van der Waals surface area (Å²) in [7, 11) is 0. The molecule has 0 bridgehead atoms. The van der Waals surface area contributed by atoms with Crippen molar-refractivity contribution < 1.29 is 22.6 Å². The Morgan fingerprint density at radius 2 is 1.84 bits per heavy atom. The predicted molar refractivity (Wildman–Crippen MR) is 107 cm³/mol. The molecular weight excluding hydrogens is 411 g/mol. The molecule has 1 saturated heterocycles. The Morgan fingerprint density at radius 3 is 2.61 bits per heavy atom. The van der Waals surface area contributed by atoms with E-state index in [2.05, 4.69) is 25.1 Å². The summed E-state index contributed by atoms with van der Waals surface area (Å²) in [6.07, 6.45) is 1.41. The normalized spacial score (nSPS) is 14.2. The van der Waals surface area contributed by atoms with Gasteiger partial charge in [0.05, 0.1) is 24.3 Å². The maximum Gasteiger partial charge on any atom is 0.324 e. The second kappa shape index (κ2) is 7.88. The van der Waals surface area contributed by atoms with E-state index in [1.807, 2.05) is 6.07 Å². The zero-order valence-electron chi connectivity index (χ0n) is 16.1. The summed E-state index contributed by atoms with van der Waals surface area (Å²) in [5.74, 6) is -2.24. The number of morpholine rings is 1. The monoisotopic (exact) mass is 427 g/mol. The minimum Gasteiger partial charge on any atom is -0.421 e. The van der Waals surface area contributed by atoms with Gasteiger partial charge in [0.1, 0.15) is 11.6 Å². The number of aromatic amines is 1. The Hall–Kier alpha value is -3.66. The number of nitrogens with one attached hydrogen (secondary N) is 1. The van der Waals surface area contributed by atoms with Crippen molar-refractivity contribution in [3.8, 4) is 23.0 Å². The van der Waals surface area contributed by atoms with Crippen LogP contribution in [0.25, 0.3) is 22.3 Å². The first-order valence-electron chi connectivity index (χ1n) is 9.55. The molecule has 1 fully saturated rings. The third kappa shape index (κ3) is 3.77. The summed E-state index contributed by atoms with van der Waals surface area (Å²) in [6.45, 7) is 2.63. The molecule has 1 aliphatic heterocycles. The molecule has 158 valence electrons. The Bertz CT molecular complexity index is 1260. The molecule has 0 unspecified atom stereocenters. The van der Waals surface area contributed by atoms with E-state index in [4.69, 9.17) is 9.47 Å². The number of halogens is 3. The second-order valence-electron chi connectivity index (χ2n) is 6.93. The maximum absolute atomic E-state index is 14.9. The van der Waals surface area contributed by atoms with E-state index < -0.39 is 17.5 Å². The van der Waals surface area contributed by atoms with Crippen molar-refractivity contribution in [3.05, 3.63) is 60.0 Å². The van der Waals surface area contributed by atoms with Crippen molar-refractivity contribution in [3.63, 3.8) is 0 Å². The van der Waals surface area contributed by atoms with Gasteiger partial charge in [-0.1, -0.05) is 0 Å². The molecule has 1 aliphatic rings. The fraction of sp³-hybridized carbons (Fsp3) is 0.190. The summed E-state index contributed by atoms with van der Waals surface area (Å²) >= 11 is 0. The first-order chi connectivity index (χ1) is 15.1. The highest BCUT2D eigenvalue weighted by molar-refractivity contribution is 5.90. The van der Waals surface area contributed by atoms with E-state index in [1.54, 1.807) is 6.07 Å². The second-order valence-corrected chi connectivity index (χ2v) is 6.93. The third-order valence-electron chi connectivity index (χ3n) is 4.98. The van der Waals surface area contributed by atoms with Gasteiger partial charge in [-0.15, -0.1) is 0 Å². The highest BCUT2D eigenvalue weighted by Crippen LogP contribution is 2.31. The molecule has 7 nitrogen and oxygen atoms in total. The molecule has 0 radical (unpaired) electrons. The van der Waals surface area contributed by atoms with Crippen LogP contribution in [0.15, 0.2) is 42.6 Å². The van der Waals surface area contributed by atoms with Crippen LogP contribution in [-0.4, -0.2) is 46.5 Å². The molecule has 2 aromatic heterocycles. The van der Waals surface area contributed by atoms with E-state index in [-0.39, 0.29) is 17.4 Å². The number of H-pyrrole nitrogens is 1. The summed E-state index contributed by atoms with van der Waals surface area (Å²) < 4.78 is 52.3. The molecule has 4 aromatic rings. The van der Waals surface area contributed by atoms with E-state index in [0.717, 1.165) is 17.8 Å². The lowest BCUT2D eigenvalue weighted by molar-refractivity contribution is 0.122. The maximum atomic E-state index is 14.9. The van der Waals surface area contributed by atoms with Gasteiger partial charge in [-0.05, 0) is 30.3 Å². The molecule has 0 amide bonds. The lowest BCUT2D eigenvalue weighted by atomic mass is 10.1. The van der Waals surface area contributed by atoms with E-state index >= 15 is 0 Å². The minimum absolute atomic E-state index is 0.167. The number of hydrogen-bond donors (Lipinski definition) is 1. The van der Waals surface area contributed by atoms with Crippen molar-refractivity contribution in [1.82, 2.24) is 20.2 Å². The molecule has 0 spiro atoms. The molecule has 1 N–H and O–H groups in total. The zero-order valence-corrected chi connectivity index (χ0v) is 16.1. The van der Waals surface area contributed by atoms with E-state index in [9.17, 15) is 13.2 Å². The zero-order chi connectivity index (χ0) is 21.4. The fourth-order valence-electron chi connectivity index (χ4n) is 3.42. The van der Waals surface area contributed by atoms with Gasteiger partial charge in [-0.3, -0.25) is 5.10 Å². The number of aromatic nitrogens is 4. The smallest absolute Gasteiger partial charge is 0.324 e. The summed E-state index contributed by atoms with van der Waals surface area (Å²) in [4.78, 5) is 10.2. The number of fused-ring (bicyclic) bond motifs is 1. The van der Waals surface area contributed by atoms with Gasteiger partial charge in [-0.25, -0.2) is 18.2 Å². The molecule has 2 aromatic carbocycles. The van der Waals surface area contributed by atoms with Crippen LogP contribution in [0.1, 0.15) is 0 Å². The summed E-state index contributed by atoms with van der Waals surface area (Å²) in [5, 5.41) is 7.34. The summed E-state index contributed by atoms with van der Waals surface area (Å²) in [6, 6.07) is 7.72. The average Bonchev–Trinajstić information content (AvgIpc) is 3.19. The third-order valence-corrected chi connectivity index (χ3v) is 4.98. The summed E-state index contributed by atoms with van der Waals surface area (Å²) in [5.41, 5.74) is 1.74. The predicted octanol–water partition coefficient (Wildman–Crippen LogP) is 4.07. The first kappa shape index (κ1) is 19.3. The number of hydrogen-bond acceptors (Lipinski definition) is 6. The van der Waals surface area contributed by atoms with E-state index in [0.29, 0.717) is 49.0 Å². The van der Waals surface area contributed by atoms with Crippen molar-refractivity contribution in [2.24, 2.45) is 0 Å².